The average molecular weight is 288 g/mol. The Balaban J connectivity index is 2.96. The van der Waals surface area contributed by atoms with Gasteiger partial charge in [0.15, 0.2) is 0 Å². The van der Waals surface area contributed by atoms with E-state index < -0.39 is 17.8 Å². The lowest BCUT2D eigenvalue weighted by molar-refractivity contribution is -0.137. The van der Waals surface area contributed by atoms with Gasteiger partial charge in [0.2, 0.25) is 5.91 Å². The van der Waals surface area contributed by atoms with Crippen LogP contribution < -0.4 is 11.1 Å². The lowest BCUT2D eigenvalue weighted by Crippen LogP contribution is -2.41. The van der Waals surface area contributed by atoms with E-state index in [1.165, 1.54) is 12.1 Å². The van der Waals surface area contributed by atoms with Crippen LogP contribution in [0.2, 0.25) is 0 Å². The number of rotatable bonds is 4. The van der Waals surface area contributed by atoms with Gasteiger partial charge in [-0.15, -0.1) is 0 Å². The van der Waals surface area contributed by atoms with Gasteiger partial charge in [0.1, 0.15) is 0 Å². The second kappa shape index (κ2) is 6.26. The quantitative estimate of drug-likeness (QED) is 0.895. The first-order valence-corrected chi connectivity index (χ1v) is 6.36. The van der Waals surface area contributed by atoms with Gasteiger partial charge in [-0.2, -0.15) is 13.2 Å². The van der Waals surface area contributed by atoms with Crippen molar-refractivity contribution in [3.63, 3.8) is 0 Å². The molecule has 0 saturated carbocycles. The Bertz CT molecular complexity index is 452. The Morgan fingerprint density at radius 1 is 1.15 bits per heavy atom. The van der Waals surface area contributed by atoms with Crippen LogP contribution in [0, 0.1) is 5.92 Å². The van der Waals surface area contributed by atoms with Crippen LogP contribution in [0.3, 0.4) is 0 Å². The molecule has 0 heterocycles. The summed E-state index contributed by atoms with van der Waals surface area (Å²) >= 11 is 0. The summed E-state index contributed by atoms with van der Waals surface area (Å²) in [5, 5.41) is 2.75. The number of halogens is 3. The number of carbonyl (C=O) groups excluding carboxylic acids is 1. The molecule has 0 fully saturated rings. The number of amides is 1. The maximum absolute atomic E-state index is 12.5. The van der Waals surface area contributed by atoms with Crippen molar-refractivity contribution in [2.75, 3.05) is 0 Å². The van der Waals surface area contributed by atoms with E-state index in [-0.39, 0.29) is 17.9 Å². The predicted octanol–water partition coefficient (Wildman–Crippen LogP) is 2.87. The minimum Gasteiger partial charge on any atom is -0.348 e. The van der Waals surface area contributed by atoms with E-state index in [0.717, 1.165) is 12.1 Å². The van der Waals surface area contributed by atoms with E-state index in [1.54, 1.807) is 6.92 Å². The fraction of sp³-hybridized carbons (Fsp3) is 0.500. The average Bonchev–Trinajstić information content (AvgIpc) is 2.34. The molecule has 0 aromatic heterocycles. The first kappa shape index (κ1) is 16.5. The Labute approximate surface area is 116 Å². The zero-order chi connectivity index (χ0) is 15.5. The first-order valence-electron chi connectivity index (χ1n) is 6.36. The summed E-state index contributed by atoms with van der Waals surface area (Å²) in [6.07, 6.45) is -4.36. The van der Waals surface area contributed by atoms with Crippen molar-refractivity contribution in [1.29, 1.82) is 0 Å². The third kappa shape index (κ3) is 4.23. The van der Waals surface area contributed by atoms with Gasteiger partial charge in [-0.3, -0.25) is 4.79 Å². The summed E-state index contributed by atoms with van der Waals surface area (Å²) in [5.41, 5.74) is 5.40. The zero-order valence-electron chi connectivity index (χ0n) is 11.7. The molecule has 3 N–H and O–H groups in total. The first-order chi connectivity index (χ1) is 9.12. The van der Waals surface area contributed by atoms with Gasteiger partial charge in [0.05, 0.1) is 17.6 Å². The van der Waals surface area contributed by atoms with Crippen molar-refractivity contribution in [3.8, 4) is 0 Å². The third-order valence-electron chi connectivity index (χ3n) is 2.98. The molecular weight excluding hydrogens is 269 g/mol. The normalized spacial score (nSPS) is 15.0. The Morgan fingerprint density at radius 2 is 1.65 bits per heavy atom. The van der Waals surface area contributed by atoms with Crippen LogP contribution in [0.4, 0.5) is 13.2 Å². The molecule has 2 atom stereocenters. The lowest BCUT2D eigenvalue weighted by Gasteiger charge is -2.24. The van der Waals surface area contributed by atoms with Crippen molar-refractivity contribution >= 4 is 5.91 Å². The molecule has 1 aromatic rings. The topological polar surface area (TPSA) is 55.1 Å². The van der Waals surface area contributed by atoms with Crippen LogP contribution in [0.5, 0.6) is 0 Å². The molecule has 0 aliphatic rings. The largest absolute Gasteiger partial charge is 0.416 e. The summed E-state index contributed by atoms with van der Waals surface area (Å²) in [5.74, 6) is -0.293. The number of benzene rings is 1. The summed E-state index contributed by atoms with van der Waals surface area (Å²) in [6, 6.07) is 3.77. The van der Waals surface area contributed by atoms with Gasteiger partial charge < -0.3 is 11.1 Å². The Hall–Kier alpha value is -1.56. The molecule has 0 radical (unpaired) electrons. The maximum atomic E-state index is 12.5. The summed E-state index contributed by atoms with van der Waals surface area (Å²) < 4.78 is 37.5. The van der Waals surface area contributed by atoms with Crippen molar-refractivity contribution in [1.82, 2.24) is 5.32 Å². The van der Waals surface area contributed by atoms with E-state index in [9.17, 15) is 18.0 Å². The van der Waals surface area contributed by atoms with E-state index in [1.807, 2.05) is 13.8 Å². The number of nitrogens with two attached hydrogens (primary N) is 1. The number of nitrogens with one attached hydrogen (secondary N) is 1. The molecular formula is C14H19F3N2O. The molecule has 112 valence electrons. The zero-order valence-corrected chi connectivity index (χ0v) is 11.7. The van der Waals surface area contributed by atoms with Gasteiger partial charge in [-0.1, -0.05) is 26.0 Å². The molecule has 1 aromatic carbocycles. The van der Waals surface area contributed by atoms with Crippen LogP contribution in [-0.2, 0) is 11.0 Å². The Morgan fingerprint density at radius 3 is 2.00 bits per heavy atom. The molecule has 6 heteroatoms. The second-order valence-electron chi connectivity index (χ2n) is 5.14. The van der Waals surface area contributed by atoms with Crippen LogP contribution in [0.15, 0.2) is 24.3 Å². The fourth-order valence-corrected chi connectivity index (χ4v) is 1.80. The van der Waals surface area contributed by atoms with Crippen LogP contribution in [-0.4, -0.2) is 11.9 Å². The maximum Gasteiger partial charge on any atom is 0.416 e. The van der Waals surface area contributed by atoms with E-state index in [0.29, 0.717) is 5.56 Å². The van der Waals surface area contributed by atoms with Crippen molar-refractivity contribution < 1.29 is 18.0 Å². The van der Waals surface area contributed by atoms with Gasteiger partial charge in [-0.05, 0) is 30.5 Å². The van der Waals surface area contributed by atoms with Gasteiger partial charge in [-0.25, -0.2) is 0 Å². The Kier molecular flexibility index (Phi) is 5.16. The highest BCUT2D eigenvalue weighted by Crippen LogP contribution is 2.31. The minimum atomic E-state index is -4.36. The number of hydrogen-bond acceptors (Lipinski definition) is 2. The highest BCUT2D eigenvalue weighted by atomic mass is 19.4. The standard InChI is InChI=1S/C14H19F3N2O/c1-8(2)12(19-13(20)9(3)18)10-4-6-11(7-5-10)14(15,16)17/h4-9,12H,18H2,1-3H3,(H,19,20)/t9-,12?/m1/s1. The van der Waals surface area contributed by atoms with E-state index in [2.05, 4.69) is 5.32 Å². The highest BCUT2D eigenvalue weighted by Gasteiger charge is 2.30. The molecule has 1 rings (SSSR count). The molecule has 0 saturated heterocycles. The predicted molar refractivity (Wildman–Crippen MR) is 70.8 cm³/mol. The van der Waals surface area contributed by atoms with Crippen LogP contribution >= 0.6 is 0 Å². The fourth-order valence-electron chi connectivity index (χ4n) is 1.80. The number of hydrogen-bond donors (Lipinski definition) is 2. The van der Waals surface area contributed by atoms with Gasteiger partial charge in [0.25, 0.3) is 0 Å². The molecule has 1 unspecified atom stereocenters. The minimum absolute atomic E-state index is 0.0365. The lowest BCUT2D eigenvalue weighted by atomic mass is 9.95. The third-order valence-corrected chi connectivity index (χ3v) is 2.98. The molecule has 0 aliphatic carbocycles. The smallest absolute Gasteiger partial charge is 0.348 e. The van der Waals surface area contributed by atoms with Crippen molar-refractivity contribution in [2.45, 2.75) is 39.0 Å². The molecule has 20 heavy (non-hydrogen) atoms. The summed E-state index contributed by atoms with van der Waals surface area (Å²) in [7, 11) is 0. The van der Waals surface area contributed by atoms with Gasteiger partial charge >= 0.3 is 6.18 Å². The molecule has 0 spiro atoms. The number of alkyl halides is 3. The molecule has 3 nitrogen and oxygen atoms in total. The summed E-state index contributed by atoms with van der Waals surface area (Å²) in [6.45, 7) is 5.31. The highest BCUT2D eigenvalue weighted by molar-refractivity contribution is 5.81. The van der Waals surface area contributed by atoms with Crippen LogP contribution in [0.1, 0.15) is 37.9 Å². The summed E-state index contributed by atoms with van der Waals surface area (Å²) in [4.78, 5) is 11.6. The van der Waals surface area contributed by atoms with E-state index >= 15 is 0 Å². The van der Waals surface area contributed by atoms with E-state index in [4.69, 9.17) is 5.73 Å². The molecule has 0 aliphatic heterocycles. The van der Waals surface area contributed by atoms with Crippen molar-refractivity contribution in [2.24, 2.45) is 11.7 Å². The SMILES string of the molecule is CC(C)C(NC(=O)[C@@H](C)N)c1ccc(C(F)(F)F)cc1. The molecule has 0 bridgehead atoms. The van der Waals surface area contributed by atoms with Crippen LogP contribution in [0.25, 0.3) is 0 Å². The second-order valence-corrected chi connectivity index (χ2v) is 5.14. The van der Waals surface area contributed by atoms with Gasteiger partial charge in [0, 0.05) is 0 Å². The van der Waals surface area contributed by atoms with Crippen molar-refractivity contribution in [3.05, 3.63) is 35.4 Å². The number of carbonyl (C=O) groups is 1. The monoisotopic (exact) mass is 288 g/mol. The molecule has 1 amide bonds.